The van der Waals surface area contributed by atoms with Gasteiger partial charge >= 0.3 is 6.18 Å². The number of nitrogens with zero attached hydrogens (tertiary/aromatic N) is 1. The molecular formula is C23H29BrF3NO. The molecule has 29 heavy (non-hydrogen) atoms. The van der Waals surface area contributed by atoms with E-state index in [4.69, 9.17) is 4.74 Å². The minimum absolute atomic E-state index is 0. The van der Waals surface area contributed by atoms with Crippen LogP contribution in [0, 0.1) is 0 Å². The van der Waals surface area contributed by atoms with E-state index in [0.717, 1.165) is 44.5 Å². The number of halogens is 4. The Morgan fingerprint density at radius 2 is 1.66 bits per heavy atom. The number of benzene rings is 2. The van der Waals surface area contributed by atoms with Gasteiger partial charge in [0, 0.05) is 6.04 Å². The number of alkyl halides is 3. The van der Waals surface area contributed by atoms with Crippen LogP contribution in [0.15, 0.2) is 54.6 Å². The van der Waals surface area contributed by atoms with Crippen LogP contribution >= 0.6 is 17.0 Å². The van der Waals surface area contributed by atoms with Crippen molar-refractivity contribution in [1.82, 2.24) is 4.90 Å². The fraction of sp³-hybridized carbons (Fsp3) is 0.478. The molecule has 1 unspecified atom stereocenters. The van der Waals surface area contributed by atoms with Gasteiger partial charge in [0.1, 0.15) is 5.75 Å². The monoisotopic (exact) mass is 471 g/mol. The van der Waals surface area contributed by atoms with Gasteiger partial charge in [-0.15, -0.1) is 17.0 Å². The first-order valence-corrected chi connectivity index (χ1v) is 10.1. The van der Waals surface area contributed by atoms with Crippen LogP contribution in [0.2, 0.25) is 0 Å². The Morgan fingerprint density at radius 3 is 2.34 bits per heavy atom. The summed E-state index contributed by atoms with van der Waals surface area (Å²) >= 11 is 0. The third-order valence-electron chi connectivity index (χ3n) is 5.35. The Balaban J connectivity index is 0.00000300. The first-order chi connectivity index (χ1) is 13.5. The summed E-state index contributed by atoms with van der Waals surface area (Å²) in [6.45, 7) is 2.73. The zero-order valence-electron chi connectivity index (χ0n) is 16.5. The molecule has 0 aliphatic carbocycles. The van der Waals surface area contributed by atoms with E-state index >= 15 is 0 Å². The molecule has 1 aliphatic rings. The molecule has 0 amide bonds. The molecule has 1 atom stereocenters. The van der Waals surface area contributed by atoms with Gasteiger partial charge in [0.25, 0.3) is 0 Å². The normalized spacial score (nSPS) is 17.6. The van der Waals surface area contributed by atoms with Crippen LogP contribution in [0.3, 0.4) is 0 Å². The van der Waals surface area contributed by atoms with Crippen molar-refractivity contribution in [3.05, 3.63) is 65.7 Å². The summed E-state index contributed by atoms with van der Waals surface area (Å²) in [4.78, 5) is 2.59. The van der Waals surface area contributed by atoms with Gasteiger partial charge in [-0.3, -0.25) is 0 Å². The molecule has 0 N–H and O–H groups in total. The van der Waals surface area contributed by atoms with Crippen molar-refractivity contribution < 1.29 is 17.9 Å². The van der Waals surface area contributed by atoms with Crippen molar-refractivity contribution in [1.29, 1.82) is 0 Å². The van der Waals surface area contributed by atoms with Crippen molar-refractivity contribution in [2.75, 3.05) is 19.7 Å². The molecular weight excluding hydrogens is 443 g/mol. The Morgan fingerprint density at radius 1 is 0.931 bits per heavy atom. The van der Waals surface area contributed by atoms with E-state index in [9.17, 15) is 13.2 Å². The van der Waals surface area contributed by atoms with Crippen LogP contribution in [0.4, 0.5) is 13.2 Å². The summed E-state index contributed by atoms with van der Waals surface area (Å²) in [5.41, 5.74) is 0.749. The lowest BCUT2D eigenvalue weighted by Gasteiger charge is -2.36. The van der Waals surface area contributed by atoms with Crippen molar-refractivity contribution >= 4 is 17.0 Å². The van der Waals surface area contributed by atoms with Crippen molar-refractivity contribution in [3.8, 4) is 5.75 Å². The zero-order valence-corrected chi connectivity index (χ0v) is 18.2. The molecule has 0 bridgehead atoms. The standard InChI is InChI=1S/C23H28F3NO.BrH/c24-23(25,26)20-11-13-22(14-12-20)28-17-7-6-16-27-15-5-4-10-21(27)18-19-8-2-1-3-9-19;/h1-3,8-9,11-14,21H,4-7,10,15-18H2;1H. The molecule has 6 heteroatoms. The van der Waals surface area contributed by atoms with E-state index < -0.39 is 11.7 Å². The van der Waals surface area contributed by atoms with Crippen molar-refractivity contribution in [2.45, 2.75) is 50.7 Å². The molecule has 3 rings (SSSR count). The number of rotatable bonds is 8. The number of ether oxygens (including phenoxy) is 1. The highest BCUT2D eigenvalue weighted by Crippen LogP contribution is 2.30. The second-order valence-corrected chi connectivity index (χ2v) is 7.45. The molecule has 2 aromatic rings. The Labute approximate surface area is 181 Å². The maximum Gasteiger partial charge on any atom is 0.416 e. The minimum atomic E-state index is -4.30. The summed E-state index contributed by atoms with van der Waals surface area (Å²) in [6, 6.07) is 16.2. The highest BCUT2D eigenvalue weighted by atomic mass is 79.9. The number of hydrogen-bond donors (Lipinski definition) is 0. The van der Waals surface area contributed by atoms with Gasteiger partial charge in [0.15, 0.2) is 0 Å². The lowest BCUT2D eigenvalue weighted by Crippen LogP contribution is -2.41. The molecule has 1 aliphatic heterocycles. The fourth-order valence-electron chi connectivity index (χ4n) is 3.82. The summed E-state index contributed by atoms with van der Waals surface area (Å²) in [6.07, 6.45) is 2.53. The van der Waals surface area contributed by atoms with Gasteiger partial charge in [0.2, 0.25) is 0 Å². The van der Waals surface area contributed by atoms with Gasteiger partial charge < -0.3 is 9.64 Å². The van der Waals surface area contributed by atoms with Crippen LogP contribution in [0.5, 0.6) is 5.75 Å². The maximum absolute atomic E-state index is 12.6. The minimum Gasteiger partial charge on any atom is -0.494 e. The van der Waals surface area contributed by atoms with Crippen LogP contribution in [-0.2, 0) is 12.6 Å². The van der Waals surface area contributed by atoms with E-state index in [1.807, 2.05) is 0 Å². The number of piperidine rings is 1. The van der Waals surface area contributed by atoms with E-state index in [-0.39, 0.29) is 17.0 Å². The van der Waals surface area contributed by atoms with Crippen LogP contribution in [-0.4, -0.2) is 30.6 Å². The molecule has 0 spiro atoms. The predicted molar refractivity (Wildman–Crippen MR) is 116 cm³/mol. The number of unbranched alkanes of at least 4 members (excludes halogenated alkanes) is 1. The lowest BCUT2D eigenvalue weighted by molar-refractivity contribution is -0.137. The molecule has 160 valence electrons. The summed E-state index contributed by atoms with van der Waals surface area (Å²) in [5.74, 6) is 0.493. The average Bonchev–Trinajstić information content (AvgIpc) is 2.69. The third kappa shape index (κ3) is 7.67. The summed E-state index contributed by atoms with van der Waals surface area (Å²) < 4.78 is 43.3. The number of likely N-dealkylation sites (tertiary alicyclic amines) is 1. The molecule has 0 saturated carbocycles. The third-order valence-corrected chi connectivity index (χ3v) is 5.35. The highest BCUT2D eigenvalue weighted by Gasteiger charge is 2.30. The molecule has 1 saturated heterocycles. The molecule has 1 fully saturated rings. The van der Waals surface area contributed by atoms with Gasteiger partial charge in [0.05, 0.1) is 12.2 Å². The Bertz CT molecular complexity index is 706. The molecule has 2 nitrogen and oxygen atoms in total. The molecule has 2 aromatic carbocycles. The van der Waals surface area contributed by atoms with E-state index in [1.54, 1.807) is 0 Å². The van der Waals surface area contributed by atoms with Crippen LogP contribution < -0.4 is 4.74 Å². The molecule has 0 radical (unpaired) electrons. The van der Waals surface area contributed by atoms with E-state index in [0.29, 0.717) is 18.4 Å². The first kappa shape index (κ1) is 23.7. The SMILES string of the molecule is Br.FC(F)(F)c1ccc(OCCCCN2CCCCC2Cc2ccccc2)cc1. The topological polar surface area (TPSA) is 12.5 Å². The zero-order chi connectivity index (χ0) is 19.8. The largest absolute Gasteiger partial charge is 0.494 e. The van der Waals surface area contributed by atoms with Crippen LogP contribution in [0.1, 0.15) is 43.2 Å². The maximum atomic E-state index is 12.6. The summed E-state index contributed by atoms with van der Waals surface area (Å²) in [5, 5.41) is 0. The number of hydrogen-bond acceptors (Lipinski definition) is 2. The average molecular weight is 472 g/mol. The van der Waals surface area contributed by atoms with Gasteiger partial charge in [-0.2, -0.15) is 13.2 Å². The summed E-state index contributed by atoms with van der Waals surface area (Å²) in [7, 11) is 0. The first-order valence-electron chi connectivity index (χ1n) is 10.1. The Hall–Kier alpha value is -1.53. The van der Waals surface area contributed by atoms with Gasteiger partial charge in [-0.25, -0.2) is 0 Å². The quantitative estimate of drug-likeness (QED) is 0.405. The Kier molecular flexibility index (Phi) is 9.50. The second-order valence-electron chi connectivity index (χ2n) is 7.45. The van der Waals surface area contributed by atoms with Crippen molar-refractivity contribution in [3.63, 3.8) is 0 Å². The molecule has 0 aromatic heterocycles. The second kappa shape index (κ2) is 11.6. The van der Waals surface area contributed by atoms with E-state index in [2.05, 4.69) is 35.2 Å². The predicted octanol–water partition coefficient (Wildman–Crippen LogP) is 6.54. The highest BCUT2D eigenvalue weighted by molar-refractivity contribution is 8.93. The fourth-order valence-corrected chi connectivity index (χ4v) is 3.82. The van der Waals surface area contributed by atoms with Gasteiger partial charge in [-0.05, 0) is 75.0 Å². The van der Waals surface area contributed by atoms with Crippen molar-refractivity contribution in [2.24, 2.45) is 0 Å². The van der Waals surface area contributed by atoms with Crippen LogP contribution in [0.25, 0.3) is 0 Å². The van der Waals surface area contributed by atoms with E-state index in [1.165, 1.54) is 37.0 Å². The molecule has 1 heterocycles. The smallest absolute Gasteiger partial charge is 0.416 e. The van der Waals surface area contributed by atoms with Gasteiger partial charge in [-0.1, -0.05) is 36.8 Å². The lowest BCUT2D eigenvalue weighted by atomic mass is 9.95.